The van der Waals surface area contributed by atoms with Gasteiger partial charge in [0, 0.05) is 0 Å². The molecule has 0 aromatic carbocycles. The molecule has 0 heteroatoms. The Morgan fingerprint density at radius 1 is 0.500 bits per heavy atom. The molecule has 0 aromatic rings. The summed E-state index contributed by atoms with van der Waals surface area (Å²) in [6.07, 6.45) is 21.3. The van der Waals surface area contributed by atoms with E-state index < -0.39 is 0 Å². The van der Waals surface area contributed by atoms with Crippen LogP contribution in [0.2, 0.25) is 0 Å². The highest BCUT2D eigenvalue weighted by molar-refractivity contribution is 4.73. The minimum Gasteiger partial charge on any atom is -0.0625 e. The van der Waals surface area contributed by atoms with Crippen molar-refractivity contribution in [3.63, 3.8) is 0 Å². The molecule has 0 heterocycles. The van der Waals surface area contributed by atoms with Gasteiger partial charge in [-0.15, -0.1) is 0 Å². The zero-order valence-electron chi connectivity index (χ0n) is 12.6. The van der Waals surface area contributed by atoms with E-state index in [-0.39, 0.29) is 0 Å². The summed E-state index contributed by atoms with van der Waals surface area (Å²) in [5, 5.41) is 0. The summed E-state index contributed by atoms with van der Waals surface area (Å²) in [4.78, 5) is 0. The molecular formula is C18H34. The third kappa shape index (κ3) is 5.33. The molecule has 106 valence electrons. The second-order valence-corrected chi connectivity index (χ2v) is 7.28. The van der Waals surface area contributed by atoms with Crippen molar-refractivity contribution in [3.05, 3.63) is 0 Å². The van der Waals surface area contributed by atoms with E-state index in [1.807, 2.05) is 0 Å². The van der Waals surface area contributed by atoms with Crippen LogP contribution in [0.1, 0.15) is 96.8 Å². The van der Waals surface area contributed by atoms with Crippen LogP contribution in [0.25, 0.3) is 0 Å². The average molecular weight is 250 g/mol. The molecule has 0 aliphatic heterocycles. The van der Waals surface area contributed by atoms with Gasteiger partial charge in [-0.05, 0) is 24.2 Å². The van der Waals surface area contributed by atoms with E-state index in [1.54, 1.807) is 19.3 Å². The second kappa shape index (κ2) is 8.23. The van der Waals surface area contributed by atoms with Crippen LogP contribution in [0.15, 0.2) is 0 Å². The van der Waals surface area contributed by atoms with Crippen LogP contribution in [0, 0.1) is 17.8 Å². The van der Waals surface area contributed by atoms with Gasteiger partial charge in [-0.3, -0.25) is 0 Å². The summed E-state index contributed by atoms with van der Waals surface area (Å²) < 4.78 is 0. The maximum Gasteiger partial charge on any atom is -0.0412 e. The van der Waals surface area contributed by atoms with Crippen LogP contribution in [-0.2, 0) is 0 Å². The number of hydrogen-bond donors (Lipinski definition) is 0. The molecule has 0 nitrogen and oxygen atoms in total. The zero-order chi connectivity index (χ0) is 12.6. The van der Waals surface area contributed by atoms with Gasteiger partial charge in [0.15, 0.2) is 0 Å². The van der Waals surface area contributed by atoms with Gasteiger partial charge in [0.2, 0.25) is 0 Å². The van der Waals surface area contributed by atoms with Crippen LogP contribution >= 0.6 is 0 Å². The van der Waals surface area contributed by atoms with Gasteiger partial charge in [-0.25, -0.2) is 0 Å². The number of fused-ring (bicyclic) bond motifs is 3. The first kappa shape index (κ1) is 14.4. The molecule has 2 bridgehead atoms. The van der Waals surface area contributed by atoms with Gasteiger partial charge in [-0.1, -0.05) is 90.4 Å². The molecular weight excluding hydrogens is 216 g/mol. The maximum atomic E-state index is 2.51. The van der Waals surface area contributed by atoms with Crippen LogP contribution in [0.4, 0.5) is 0 Å². The molecule has 0 aromatic heterocycles. The predicted molar refractivity (Wildman–Crippen MR) is 80.8 cm³/mol. The fourth-order valence-electron chi connectivity index (χ4n) is 4.24. The number of hydrogen-bond acceptors (Lipinski definition) is 0. The van der Waals surface area contributed by atoms with E-state index in [0.29, 0.717) is 0 Å². The summed E-state index contributed by atoms with van der Waals surface area (Å²) in [7, 11) is 0. The first-order valence-electron chi connectivity index (χ1n) is 8.84. The van der Waals surface area contributed by atoms with E-state index >= 15 is 0 Å². The fourth-order valence-corrected chi connectivity index (χ4v) is 4.24. The third-order valence-corrected chi connectivity index (χ3v) is 5.51. The van der Waals surface area contributed by atoms with Crippen molar-refractivity contribution in [2.75, 3.05) is 0 Å². The molecule has 3 unspecified atom stereocenters. The van der Waals surface area contributed by atoms with Gasteiger partial charge in [-0.2, -0.15) is 0 Å². The summed E-state index contributed by atoms with van der Waals surface area (Å²) in [5.74, 6) is 3.16. The Bertz CT molecular complexity index is 208. The highest BCUT2D eigenvalue weighted by atomic mass is 14.3. The van der Waals surface area contributed by atoms with Crippen molar-refractivity contribution >= 4 is 0 Å². The smallest absolute Gasteiger partial charge is 0.0412 e. The summed E-state index contributed by atoms with van der Waals surface area (Å²) in [6.45, 7) is 2.51. The van der Waals surface area contributed by atoms with E-state index in [4.69, 9.17) is 0 Å². The Morgan fingerprint density at radius 2 is 1.00 bits per heavy atom. The molecule has 2 aliphatic carbocycles. The summed E-state index contributed by atoms with van der Waals surface area (Å²) >= 11 is 0. The summed E-state index contributed by atoms with van der Waals surface area (Å²) in [6, 6.07) is 0. The maximum absolute atomic E-state index is 2.51. The zero-order valence-corrected chi connectivity index (χ0v) is 12.6. The van der Waals surface area contributed by atoms with Crippen molar-refractivity contribution in [2.45, 2.75) is 96.8 Å². The average Bonchev–Trinajstić information content (AvgIpc) is 2.36. The van der Waals surface area contributed by atoms with Crippen molar-refractivity contribution < 1.29 is 0 Å². The normalized spacial score (nSPS) is 36.8. The van der Waals surface area contributed by atoms with Crippen LogP contribution in [0.3, 0.4) is 0 Å². The van der Waals surface area contributed by atoms with Crippen LogP contribution in [-0.4, -0.2) is 0 Å². The lowest BCUT2D eigenvalue weighted by atomic mass is 9.78. The van der Waals surface area contributed by atoms with Crippen LogP contribution in [0.5, 0.6) is 0 Å². The van der Waals surface area contributed by atoms with Crippen molar-refractivity contribution in [3.8, 4) is 0 Å². The lowest BCUT2D eigenvalue weighted by Crippen LogP contribution is -2.15. The van der Waals surface area contributed by atoms with E-state index in [2.05, 4.69) is 6.92 Å². The van der Waals surface area contributed by atoms with E-state index in [9.17, 15) is 0 Å². The van der Waals surface area contributed by atoms with Gasteiger partial charge in [0.25, 0.3) is 0 Å². The monoisotopic (exact) mass is 250 g/mol. The van der Waals surface area contributed by atoms with Gasteiger partial charge < -0.3 is 0 Å². The Morgan fingerprint density at radius 3 is 1.72 bits per heavy atom. The minimum absolute atomic E-state index is 1.00. The van der Waals surface area contributed by atoms with E-state index in [0.717, 1.165) is 17.8 Å². The first-order valence-corrected chi connectivity index (χ1v) is 8.84. The lowest BCUT2D eigenvalue weighted by Gasteiger charge is -2.28. The molecule has 2 saturated carbocycles. The number of rotatable bonds is 0. The second-order valence-electron chi connectivity index (χ2n) is 7.28. The first-order chi connectivity index (χ1) is 8.84. The van der Waals surface area contributed by atoms with E-state index in [1.165, 1.54) is 70.6 Å². The van der Waals surface area contributed by atoms with Crippen molar-refractivity contribution in [1.29, 1.82) is 0 Å². The fraction of sp³-hybridized carbons (Fsp3) is 1.00. The molecule has 0 spiro atoms. The van der Waals surface area contributed by atoms with Crippen LogP contribution < -0.4 is 0 Å². The minimum atomic E-state index is 1.00. The molecule has 0 N–H and O–H groups in total. The molecule has 2 rings (SSSR count). The molecule has 0 radical (unpaired) electrons. The SMILES string of the molecule is CC1CCC2CCCCCCCCCC(CC2)C1. The quantitative estimate of drug-likeness (QED) is 0.470. The molecule has 18 heavy (non-hydrogen) atoms. The van der Waals surface area contributed by atoms with Gasteiger partial charge >= 0.3 is 0 Å². The molecule has 0 amide bonds. The Balaban J connectivity index is 1.88. The largest absolute Gasteiger partial charge is 0.0625 e. The van der Waals surface area contributed by atoms with Gasteiger partial charge in [0.05, 0.1) is 0 Å². The summed E-state index contributed by atoms with van der Waals surface area (Å²) in [5.41, 5.74) is 0. The molecule has 2 aliphatic rings. The highest BCUT2D eigenvalue weighted by Crippen LogP contribution is 2.34. The third-order valence-electron chi connectivity index (χ3n) is 5.51. The Hall–Kier alpha value is 0. The van der Waals surface area contributed by atoms with Gasteiger partial charge in [0.1, 0.15) is 0 Å². The molecule has 3 atom stereocenters. The Labute approximate surface area is 115 Å². The predicted octanol–water partition coefficient (Wildman–Crippen LogP) is 6.34. The van der Waals surface area contributed by atoms with Crippen molar-refractivity contribution in [2.24, 2.45) is 17.8 Å². The van der Waals surface area contributed by atoms with Crippen molar-refractivity contribution in [1.82, 2.24) is 0 Å². The Kier molecular flexibility index (Phi) is 6.59. The molecule has 0 saturated heterocycles. The topological polar surface area (TPSA) is 0 Å². The molecule has 2 fully saturated rings. The standard InChI is InChI=1S/C18H34/c1-16-11-12-17-9-7-5-3-2-4-6-8-10-18(15-16)14-13-17/h16-18H,2-15H2,1H3. The highest BCUT2D eigenvalue weighted by Gasteiger charge is 2.20. The lowest BCUT2D eigenvalue weighted by molar-refractivity contribution is 0.241.